The van der Waals surface area contributed by atoms with Crippen molar-refractivity contribution in [3.63, 3.8) is 0 Å². The van der Waals surface area contributed by atoms with Gasteiger partial charge in [-0.2, -0.15) is 0 Å². The van der Waals surface area contributed by atoms with Gasteiger partial charge >= 0.3 is 0 Å². The molecule has 1 aliphatic rings. The largest absolute Gasteiger partial charge is 0.495 e. The summed E-state index contributed by atoms with van der Waals surface area (Å²) in [6.45, 7) is 3.03. The predicted octanol–water partition coefficient (Wildman–Crippen LogP) is 3.80. The van der Waals surface area contributed by atoms with Crippen molar-refractivity contribution in [1.82, 2.24) is 0 Å². The molecule has 0 atom stereocenters. The zero-order valence-electron chi connectivity index (χ0n) is 11.8. The van der Waals surface area contributed by atoms with E-state index >= 15 is 0 Å². The number of ether oxygens (including phenoxy) is 1. The van der Waals surface area contributed by atoms with Gasteiger partial charge < -0.3 is 15.8 Å². The van der Waals surface area contributed by atoms with Crippen LogP contribution in [0.15, 0.2) is 12.1 Å². The molecule has 3 nitrogen and oxygen atoms in total. The minimum atomic E-state index is -0.317. The number of anilines is 2. The highest BCUT2D eigenvalue weighted by atomic mass is 19.1. The van der Waals surface area contributed by atoms with Gasteiger partial charge in [-0.3, -0.25) is 0 Å². The number of methoxy groups -OCH3 is 1. The summed E-state index contributed by atoms with van der Waals surface area (Å²) in [5.41, 5.74) is 6.81. The lowest BCUT2D eigenvalue weighted by Gasteiger charge is -2.28. The molecule has 0 radical (unpaired) electrons. The van der Waals surface area contributed by atoms with E-state index < -0.39 is 0 Å². The Labute approximate surface area is 114 Å². The smallest absolute Gasteiger partial charge is 0.148 e. The van der Waals surface area contributed by atoms with Gasteiger partial charge in [0.2, 0.25) is 0 Å². The average Bonchev–Trinajstić information content (AvgIpc) is 2.87. The highest BCUT2D eigenvalue weighted by Crippen LogP contribution is 2.41. The van der Waals surface area contributed by atoms with Crippen LogP contribution in [0.5, 0.6) is 5.75 Å². The maximum Gasteiger partial charge on any atom is 0.148 e. The molecular formula is C15H23FN2O. The van der Waals surface area contributed by atoms with Crippen molar-refractivity contribution in [2.75, 3.05) is 24.7 Å². The predicted molar refractivity (Wildman–Crippen MR) is 77.0 cm³/mol. The van der Waals surface area contributed by atoms with E-state index in [1.165, 1.54) is 38.9 Å². The Hall–Kier alpha value is -1.45. The molecule has 1 aromatic carbocycles. The summed E-state index contributed by atoms with van der Waals surface area (Å²) in [4.78, 5) is 0. The molecule has 1 fully saturated rings. The topological polar surface area (TPSA) is 47.3 Å². The molecule has 2 rings (SSSR count). The third-order valence-corrected chi connectivity index (χ3v) is 4.39. The normalized spacial score (nSPS) is 17.4. The van der Waals surface area contributed by atoms with Crippen LogP contribution in [0.25, 0.3) is 0 Å². The van der Waals surface area contributed by atoms with Crippen molar-refractivity contribution < 1.29 is 9.13 Å². The van der Waals surface area contributed by atoms with E-state index in [-0.39, 0.29) is 5.82 Å². The second-order valence-corrected chi connectivity index (χ2v) is 5.49. The number of nitrogen functional groups attached to an aromatic ring is 1. The molecule has 0 aliphatic heterocycles. The minimum Gasteiger partial charge on any atom is -0.495 e. The van der Waals surface area contributed by atoms with Gasteiger partial charge in [0.1, 0.15) is 11.6 Å². The third kappa shape index (κ3) is 2.94. The van der Waals surface area contributed by atoms with Crippen LogP contribution in [0.1, 0.15) is 39.0 Å². The van der Waals surface area contributed by atoms with E-state index in [1.807, 2.05) is 0 Å². The van der Waals surface area contributed by atoms with Crippen LogP contribution >= 0.6 is 0 Å². The lowest BCUT2D eigenvalue weighted by Crippen LogP contribution is -2.26. The molecule has 106 valence electrons. The highest BCUT2D eigenvalue weighted by molar-refractivity contribution is 5.62. The zero-order chi connectivity index (χ0) is 13.9. The molecule has 0 bridgehead atoms. The number of nitrogens with one attached hydrogen (secondary N) is 1. The zero-order valence-corrected chi connectivity index (χ0v) is 11.8. The molecule has 1 saturated carbocycles. The van der Waals surface area contributed by atoms with Crippen LogP contribution in [0.3, 0.4) is 0 Å². The molecule has 0 amide bonds. The summed E-state index contributed by atoms with van der Waals surface area (Å²) >= 11 is 0. The highest BCUT2D eigenvalue weighted by Gasteiger charge is 2.31. The standard InChI is InChI=1S/C15H23FN2O/c1-3-15(6-4-5-7-15)10-18-13-9-14(19-2)12(17)8-11(13)16/h8-9,18H,3-7,10,17H2,1-2H3. The SMILES string of the molecule is CCC1(CNc2cc(OC)c(N)cc2F)CCCC1. The van der Waals surface area contributed by atoms with Gasteiger partial charge in [-0.05, 0) is 24.7 Å². The summed E-state index contributed by atoms with van der Waals surface area (Å²) in [5.74, 6) is 0.198. The summed E-state index contributed by atoms with van der Waals surface area (Å²) in [7, 11) is 1.54. The third-order valence-electron chi connectivity index (χ3n) is 4.39. The first kappa shape index (κ1) is 14.0. The van der Waals surface area contributed by atoms with Crippen LogP contribution in [0.4, 0.5) is 15.8 Å². The molecule has 0 saturated heterocycles. The van der Waals surface area contributed by atoms with Crippen molar-refractivity contribution in [3.8, 4) is 5.75 Å². The van der Waals surface area contributed by atoms with Crippen molar-refractivity contribution >= 4 is 11.4 Å². The molecule has 1 aliphatic carbocycles. The Balaban J connectivity index is 2.10. The first-order valence-corrected chi connectivity index (χ1v) is 6.97. The quantitative estimate of drug-likeness (QED) is 0.797. The van der Waals surface area contributed by atoms with Crippen molar-refractivity contribution in [1.29, 1.82) is 0 Å². The summed E-state index contributed by atoms with van der Waals surface area (Å²) < 4.78 is 19.0. The molecule has 0 aromatic heterocycles. The maximum absolute atomic E-state index is 13.9. The van der Waals surface area contributed by atoms with Crippen LogP contribution in [-0.2, 0) is 0 Å². The Morgan fingerprint density at radius 3 is 2.63 bits per heavy atom. The maximum atomic E-state index is 13.9. The van der Waals surface area contributed by atoms with Gasteiger partial charge in [0.15, 0.2) is 0 Å². The summed E-state index contributed by atoms with van der Waals surface area (Å²) in [6, 6.07) is 2.96. The van der Waals surface area contributed by atoms with E-state index in [0.717, 1.165) is 13.0 Å². The van der Waals surface area contributed by atoms with Gasteiger partial charge in [0.05, 0.1) is 18.5 Å². The second-order valence-electron chi connectivity index (χ2n) is 5.49. The van der Waals surface area contributed by atoms with E-state index in [4.69, 9.17) is 10.5 Å². The van der Waals surface area contributed by atoms with E-state index in [9.17, 15) is 4.39 Å². The number of halogens is 1. The first-order valence-electron chi connectivity index (χ1n) is 6.97. The fourth-order valence-corrected chi connectivity index (χ4v) is 2.94. The Morgan fingerprint density at radius 2 is 2.05 bits per heavy atom. The number of benzene rings is 1. The molecular weight excluding hydrogens is 243 g/mol. The van der Waals surface area contributed by atoms with Crippen LogP contribution in [-0.4, -0.2) is 13.7 Å². The number of nitrogens with two attached hydrogens (primary N) is 1. The number of hydrogen-bond acceptors (Lipinski definition) is 3. The monoisotopic (exact) mass is 266 g/mol. The van der Waals surface area contributed by atoms with Crippen molar-refractivity contribution in [2.45, 2.75) is 39.0 Å². The lowest BCUT2D eigenvalue weighted by molar-refractivity contribution is 0.306. The fraction of sp³-hybridized carbons (Fsp3) is 0.600. The Morgan fingerprint density at radius 1 is 1.37 bits per heavy atom. The van der Waals surface area contributed by atoms with Crippen molar-refractivity contribution in [3.05, 3.63) is 17.9 Å². The van der Waals surface area contributed by atoms with Gasteiger partial charge in [0, 0.05) is 18.7 Å². The van der Waals surface area contributed by atoms with Crippen LogP contribution < -0.4 is 15.8 Å². The Bertz CT molecular complexity index is 442. The number of hydrogen-bond donors (Lipinski definition) is 2. The molecule has 1 aromatic rings. The fourth-order valence-electron chi connectivity index (χ4n) is 2.94. The van der Waals surface area contributed by atoms with E-state index in [2.05, 4.69) is 12.2 Å². The minimum absolute atomic E-state index is 0.317. The van der Waals surface area contributed by atoms with Gasteiger partial charge in [-0.1, -0.05) is 19.8 Å². The van der Waals surface area contributed by atoms with Gasteiger partial charge in [0.25, 0.3) is 0 Å². The lowest BCUT2D eigenvalue weighted by atomic mass is 9.83. The molecule has 19 heavy (non-hydrogen) atoms. The summed E-state index contributed by atoms with van der Waals surface area (Å²) in [5, 5.41) is 3.24. The van der Waals surface area contributed by atoms with Gasteiger partial charge in [-0.15, -0.1) is 0 Å². The molecule has 4 heteroatoms. The van der Waals surface area contributed by atoms with Gasteiger partial charge in [-0.25, -0.2) is 4.39 Å². The van der Waals surface area contributed by atoms with Crippen LogP contribution in [0, 0.1) is 11.2 Å². The Kier molecular flexibility index (Phi) is 4.17. The van der Waals surface area contributed by atoms with Crippen molar-refractivity contribution in [2.24, 2.45) is 5.41 Å². The first-order chi connectivity index (χ1) is 9.10. The summed E-state index contributed by atoms with van der Waals surface area (Å²) in [6.07, 6.45) is 6.15. The molecule has 0 heterocycles. The molecule has 0 unspecified atom stereocenters. The van der Waals surface area contributed by atoms with E-state index in [0.29, 0.717) is 22.5 Å². The molecule has 3 N–H and O–H groups in total. The van der Waals surface area contributed by atoms with Crippen LogP contribution in [0.2, 0.25) is 0 Å². The average molecular weight is 266 g/mol. The van der Waals surface area contributed by atoms with E-state index in [1.54, 1.807) is 6.07 Å². The number of rotatable bonds is 5. The second kappa shape index (κ2) is 5.68. The molecule has 0 spiro atoms.